The van der Waals surface area contributed by atoms with Gasteiger partial charge in [-0.15, -0.1) is 0 Å². The highest BCUT2D eigenvalue weighted by atomic mass is 16.2. The van der Waals surface area contributed by atoms with Crippen molar-refractivity contribution in [2.45, 2.75) is 39.3 Å². The number of fused-ring (bicyclic) bond motifs is 1. The predicted molar refractivity (Wildman–Crippen MR) is 128 cm³/mol. The van der Waals surface area contributed by atoms with Crippen LogP contribution in [0.4, 0.5) is 11.5 Å². The molecular weight excluding hydrogens is 386 g/mol. The Labute approximate surface area is 184 Å². The molecule has 0 fully saturated rings. The van der Waals surface area contributed by atoms with Gasteiger partial charge >= 0.3 is 0 Å². The number of pyridine rings is 1. The van der Waals surface area contributed by atoms with E-state index in [1.165, 1.54) is 11.1 Å². The molecule has 0 bridgehead atoms. The summed E-state index contributed by atoms with van der Waals surface area (Å²) in [5.41, 5.74) is 5.71. The van der Waals surface area contributed by atoms with Crippen LogP contribution in [0.25, 0.3) is 5.57 Å². The molecule has 1 unspecified atom stereocenters. The molecule has 6 nitrogen and oxygen atoms in total. The molecule has 162 valence electrons. The number of hydrogen-bond donors (Lipinski definition) is 2. The molecule has 2 aliphatic heterocycles. The second-order valence-corrected chi connectivity index (χ2v) is 8.43. The molecule has 31 heavy (non-hydrogen) atoms. The average molecular weight is 418 g/mol. The molecular formula is C25H31N5O. The van der Waals surface area contributed by atoms with Crippen LogP contribution in [0.15, 0.2) is 47.6 Å². The van der Waals surface area contributed by atoms with E-state index in [2.05, 4.69) is 58.7 Å². The summed E-state index contributed by atoms with van der Waals surface area (Å²) in [4.78, 5) is 23.1. The third-order valence-corrected chi connectivity index (χ3v) is 6.46. The summed E-state index contributed by atoms with van der Waals surface area (Å²) in [6.45, 7) is 7.88. The van der Waals surface area contributed by atoms with Crippen molar-refractivity contribution >= 4 is 29.2 Å². The van der Waals surface area contributed by atoms with Crippen LogP contribution in [0.3, 0.4) is 0 Å². The first-order chi connectivity index (χ1) is 15.0. The number of nitrogens with one attached hydrogen (secondary N) is 2. The monoisotopic (exact) mass is 417 g/mol. The molecule has 0 aliphatic carbocycles. The van der Waals surface area contributed by atoms with E-state index in [-0.39, 0.29) is 23.9 Å². The number of rotatable bonds is 4. The van der Waals surface area contributed by atoms with Crippen LogP contribution in [-0.4, -0.2) is 43.3 Å². The molecule has 2 aromatic rings. The number of nitrogens with zero attached hydrogens (tertiary/aromatic N) is 3. The van der Waals surface area contributed by atoms with Crippen molar-refractivity contribution in [2.75, 3.05) is 30.4 Å². The number of anilines is 2. The smallest absolute Gasteiger partial charge is 0.224 e. The lowest BCUT2D eigenvalue weighted by atomic mass is 9.81. The van der Waals surface area contributed by atoms with Crippen LogP contribution in [-0.2, 0) is 4.79 Å². The third kappa shape index (κ3) is 4.26. The van der Waals surface area contributed by atoms with Crippen molar-refractivity contribution in [3.05, 3.63) is 59.3 Å². The van der Waals surface area contributed by atoms with Gasteiger partial charge in [0.05, 0.1) is 6.04 Å². The highest BCUT2D eigenvalue weighted by molar-refractivity contribution is 5.94. The molecule has 0 spiro atoms. The van der Waals surface area contributed by atoms with Crippen molar-refractivity contribution in [1.82, 2.24) is 10.3 Å². The summed E-state index contributed by atoms with van der Waals surface area (Å²) < 4.78 is 0. The molecule has 4 rings (SSSR count). The maximum absolute atomic E-state index is 12.5. The first-order valence-corrected chi connectivity index (χ1v) is 11.0. The van der Waals surface area contributed by atoms with Gasteiger partial charge in [0, 0.05) is 56.1 Å². The second-order valence-electron chi connectivity index (χ2n) is 8.43. The summed E-state index contributed by atoms with van der Waals surface area (Å²) in [6, 6.07) is 10.7. The van der Waals surface area contributed by atoms with Gasteiger partial charge in [0.15, 0.2) is 0 Å². The van der Waals surface area contributed by atoms with Gasteiger partial charge in [-0.2, -0.15) is 0 Å². The first kappa shape index (κ1) is 21.2. The minimum atomic E-state index is 0.0565. The van der Waals surface area contributed by atoms with Gasteiger partial charge < -0.3 is 15.5 Å². The molecule has 3 atom stereocenters. The Kier molecular flexibility index (Phi) is 6.18. The van der Waals surface area contributed by atoms with E-state index in [1.54, 1.807) is 20.2 Å². The predicted octanol–water partition coefficient (Wildman–Crippen LogP) is 4.05. The zero-order valence-corrected chi connectivity index (χ0v) is 18.7. The van der Waals surface area contributed by atoms with Crippen molar-refractivity contribution in [3.63, 3.8) is 0 Å². The van der Waals surface area contributed by atoms with E-state index in [0.29, 0.717) is 0 Å². The highest BCUT2D eigenvalue weighted by Gasteiger charge is 2.38. The molecule has 6 heteroatoms. The highest BCUT2D eigenvalue weighted by Crippen LogP contribution is 2.43. The number of aromatic nitrogens is 1. The van der Waals surface area contributed by atoms with Gasteiger partial charge in [-0.1, -0.05) is 19.1 Å². The van der Waals surface area contributed by atoms with Crippen LogP contribution >= 0.6 is 0 Å². The van der Waals surface area contributed by atoms with Crippen molar-refractivity contribution in [1.29, 1.82) is 0 Å². The molecule has 1 aromatic heterocycles. The van der Waals surface area contributed by atoms with Crippen LogP contribution in [0.1, 0.15) is 49.9 Å². The lowest BCUT2D eigenvalue weighted by Crippen LogP contribution is -2.48. The fraction of sp³-hybridized carbons (Fsp3) is 0.400. The number of hydrogen-bond acceptors (Lipinski definition) is 5. The molecule has 2 aliphatic rings. The number of aliphatic imine (C=N–C) groups is 1. The number of carbonyl (C=O) groups excluding carboxylic acids is 1. The lowest BCUT2D eigenvalue weighted by molar-refractivity contribution is -0.117. The van der Waals surface area contributed by atoms with Gasteiger partial charge in [-0.3, -0.25) is 9.79 Å². The minimum Gasteiger partial charge on any atom is -0.363 e. The fourth-order valence-electron chi connectivity index (χ4n) is 4.66. The largest absolute Gasteiger partial charge is 0.363 e. The molecule has 1 aromatic carbocycles. The van der Waals surface area contributed by atoms with Crippen molar-refractivity contribution in [3.8, 4) is 0 Å². The summed E-state index contributed by atoms with van der Waals surface area (Å²) >= 11 is 0. The van der Waals surface area contributed by atoms with Crippen LogP contribution in [0.5, 0.6) is 0 Å². The van der Waals surface area contributed by atoms with E-state index in [4.69, 9.17) is 0 Å². The third-order valence-electron chi connectivity index (χ3n) is 6.46. The Bertz CT molecular complexity index is 1010. The molecule has 0 saturated heterocycles. The van der Waals surface area contributed by atoms with E-state index in [1.807, 2.05) is 23.2 Å². The van der Waals surface area contributed by atoms with E-state index < -0.39 is 0 Å². The van der Waals surface area contributed by atoms with Crippen molar-refractivity contribution < 1.29 is 4.79 Å². The van der Waals surface area contributed by atoms with Gasteiger partial charge in [0.25, 0.3) is 0 Å². The molecule has 1 amide bonds. The molecule has 0 saturated carbocycles. The van der Waals surface area contributed by atoms with Gasteiger partial charge in [0.2, 0.25) is 5.91 Å². The van der Waals surface area contributed by atoms with E-state index >= 15 is 0 Å². The topological polar surface area (TPSA) is 69.6 Å². The fourth-order valence-corrected chi connectivity index (χ4v) is 4.66. The normalized spacial score (nSPS) is 23.4. The van der Waals surface area contributed by atoms with Crippen LogP contribution in [0.2, 0.25) is 0 Å². The summed E-state index contributed by atoms with van der Waals surface area (Å²) in [5, 5.41) is 7.03. The maximum Gasteiger partial charge on any atom is 0.224 e. The standard InChI is InChI=1S/C25H31N5O/c1-16-17(2)30(18(3)31)23-7-6-21(20-9-11-27-12-10-20)13-22(23)25(16)29-24-8-5-19(14-26-4)15-28-24/h5-9,13-17,25,27H,10-12H2,1-4H3,(H,28,29)/t16-,17-,25?/m0/s1. The Hall–Kier alpha value is -2.99. The average Bonchev–Trinajstić information content (AvgIpc) is 2.78. The Balaban J connectivity index is 1.74. The lowest BCUT2D eigenvalue weighted by Gasteiger charge is -2.44. The molecule has 0 radical (unpaired) electrons. The second kappa shape index (κ2) is 9.02. The maximum atomic E-state index is 12.5. The van der Waals surface area contributed by atoms with E-state index in [0.717, 1.165) is 42.1 Å². The van der Waals surface area contributed by atoms with Crippen LogP contribution in [0, 0.1) is 5.92 Å². The quantitative estimate of drug-likeness (QED) is 0.737. The molecule has 3 heterocycles. The van der Waals surface area contributed by atoms with Crippen LogP contribution < -0.4 is 15.5 Å². The number of carbonyl (C=O) groups is 1. The minimum absolute atomic E-state index is 0.0565. The van der Waals surface area contributed by atoms with Crippen molar-refractivity contribution in [2.24, 2.45) is 10.9 Å². The molecule has 2 N–H and O–H groups in total. The van der Waals surface area contributed by atoms with Gasteiger partial charge in [0.1, 0.15) is 5.82 Å². The Morgan fingerprint density at radius 2 is 2.13 bits per heavy atom. The Morgan fingerprint density at radius 3 is 2.77 bits per heavy atom. The van der Waals surface area contributed by atoms with Gasteiger partial charge in [-0.25, -0.2) is 4.98 Å². The number of benzene rings is 1. The zero-order valence-electron chi connectivity index (χ0n) is 18.7. The zero-order chi connectivity index (χ0) is 22.0. The first-order valence-electron chi connectivity index (χ1n) is 11.0. The van der Waals surface area contributed by atoms with Gasteiger partial charge in [-0.05, 0) is 60.9 Å². The Morgan fingerprint density at radius 1 is 1.29 bits per heavy atom. The summed E-state index contributed by atoms with van der Waals surface area (Å²) in [7, 11) is 1.75. The summed E-state index contributed by atoms with van der Waals surface area (Å²) in [5.74, 6) is 1.12. The van der Waals surface area contributed by atoms with E-state index in [9.17, 15) is 4.79 Å². The summed E-state index contributed by atoms with van der Waals surface area (Å²) in [6.07, 6.45) is 6.90. The SMILES string of the molecule is CN=Cc1ccc(NC2c3cc(C4=CCNCC4)ccc3N(C(C)=O)[C@@H](C)[C@@H]2C)nc1. The number of amides is 1.